The molecule has 24 heavy (non-hydrogen) atoms. The van der Waals surface area contributed by atoms with Gasteiger partial charge in [0.1, 0.15) is 0 Å². The van der Waals surface area contributed by atoms with Gasteiger partial charge in [-0.3, -0.25) is 0 Å². The first kappa shape index (κ1) is 14.3. The van der Waals surface area contributed by atoms with E-state index in [1.54, 1.807) is 0 Å². The maximum absolute atomic E-state index is 3.33. The van der Waals surface area contributed by atoms with Gasteiger partial charge >= 0.3 is 0 Å². The average molecular weight is 304 g/mol. The smallest absolute Gasteiger partial charge is 0.0327 e. The molecule has 0 aromatic heterocycles. The van der Waals surface area contributed by atoms with Crippen LogP contribution in [-0.2, 0) is 0 Å². The van der Waals surface area contributed by atoms with Crippen molar-refractivity contribution in [3.8, 4) is 23.0 Å². The molecule has 0 N–H and O–H groups in total. The summed E-state index contributed by atoms with van der Waals surface area (Å²) in [5, 5.41) is 2.51. The molecule has 0 fully saturated rings. The minimum absolute atomic E-state index is 1.03. The SMILES string of the molecule is C(#Cc1ccccc1-c1ccc2ccccc2c1)c1ccccc1. The van der Waals surface area contributed by atoms with Crippen LogP contribution < -0.4 is 0 Å². The molecule has 0 nitrogen and oxygen atoms in total. The fraction of sp³-hybridized carbons (Fsp3) is 0. The molecule has 0 aliphatic heterocycles. The highest BCUT2D eigenvalue weighted by atomic mass is 14.1. The molecule has 0 atom stereocenters. The van der Waals surface area contributed by atoms with Gasteiger partial charge in [0.2, 0.25) is 0 Å². The van der Waals surface area contributed by atoms with Crippen molar-refractivity contribution in [1.29, 1.82) is 0 Å². The molecule has 4 aromatic rings. The summed E-state index contributed by atoms with van der Waals surface area (Å²) in [6, 6.07) is 33.4. The van der Waals surface area contributed by atoms with Crippen LogP contribution in [0.5, 0.6) is 0 Å². The first-order valence-electron chi connectivity index (χ1n) is 8.05. The Morgan fingerprint density at radius 1 is 0.500 bits per heavy atom. The Morgan fingerprint density at radius 3 is 2.08 bits per heavy atom. The lowest BCUT2D eigenvalue weighted by Crippen LogP contribution is -1.85. The van der Waals surface area contributed by atoms with E-state index in [0.717, 1.165) is 11.1 Å². The zero-order valence-electron chi connectivity index (χ0n) is 13.2. The summed E-state index contributed by atoms with van der Waals surface area (Å²) < 4.78 is 0. The lowest BCUT2D eigenvalue weighted by molar-refractivity contribution is 1.59. The van der Waals surface area contributed by atoms with Crippen molar-refractivity contribution in [3.05, 3.63) is 108 Å². The first-order valence-corrected chi connectivity index (χ1v) is 8.05. The van der Waals surface area contributed by atoms with Crippen LogP contribution in [0.15, 0.2) is 97.1 Å². The second kappa shape index (κ2) is 6.44. The summed E-state index contributed by atoms with van der Waals surface area (Å²) in [6.45, 7) is 0. The van der Waals surface area contributed by atoms with Crippen LogP contribution in [0.3, 0.4) is 0 Å². The first-order chi connectivity index (χ1) is 11.9. The van der Waals surface area contributed by atoms with Crippen LogP contribution in [0.25, 0.3) is 21.9 Å². The average Bonchev–Trinajstić information content (AvgIpc) is 2.67. The molecule has 0 radical (unpaired) electrons. The summed E-state index contributed by atoms with van der Waals surface area (Å²) >= 11 is 0. The second-order valence-corrected chi connectivity index (χ2v) is 5.72. The predicted molar refractivity (Wildman–Crippen MR) is 102 cm³/mol. The Bertz CT molecular complexity index is 1050. The standard InChI is InChI=1S/C24H16/c1-2-8-19(9-3-1)14-15-21-11-6-7-13-24(21)23-17-16-20-10-4-5-12-22(20)18-23/h1-13,16-18H. The van der Waals surface area contributed by atoms with E-state index in [1.807, 2.05) is 36.4 Å². The quantitative estimate of drug-likeness (QED) is 0.384. The van der Waals surface area contributed by atoms with Crippen molar-refractivity contribution in [2.24, 2.45) is 0 Å². The highest BCUT2D eigenvalue weighted by molar-refractivity contribution is 5.88. The van der Waals surface area contributed by atoms with E-state index >= 15 is 0 Å². The fourth-order valence-corrected chi connectivity index (χ4v) is 2.86. The molecule has 4 rings (SSSR count). The maximum Gasteiger partial charge on any atom is 0.0327 e. The molecule has 4 aromatic carbocycles. The highest BCUT2D eigenvalue weighted by Gasteiger charge is 2.03. The van der Waals surface area contributed by atoms with E-state index in [2.05, 4.69) is 72.5 Å². The van der Waals surface area contributed by atoms with Crippen molar-refractivity contribution in [3.63, 3.8) is 0 Å². The second-order valence-electron chi connectivity index (χ2n) is 5.72. The minimum Gasteiger partial charge on any atom is -0.0622 e. The minimum atomic E-state index is 1.03. The van der Waals surface area contributed by atoms with Gasteiger partial charge in [-0.05, 0) is 46.2 Å². The number of fused-ring (bicyclic) bond motifs is 1. The lowest BCUT2D eigenvalue weighted by Gasteiger charge is -2.06. The molecular formula is C24H16. The van der Waals surface area contributed by atoms with E-state index < -0.39 is 0 Å². The third kappa shape index (κ3) is 2.93. The molecule has 0 unspecified atom stereocenters. The van der Waals surface area contributed by atoms with Gasteiger partial charge in [-0.1, -0.05) is 84.6 Å². The molecule has 0 spiro atoms. The number of benzene rings is 4. The summed E-state index contributed by atoms with van der Waals surface area (Å²) in [5.41, 5.74) is 4.46. The summed E-state index contributed by atoms with van der Waals surface area (Å²) in [6.07, 6.45) is 0. The van der Waals surface area contributed by atoms with Crippen LogP contribution in [0.2, 0.25) is 0 Å². The molecule has 0 amide bonds. The van der Waals surface area contributed by atoms with Crippen molar-refractivity contribution in [2.45, 2.75) is 0 Å². The van der Waals surface area contributed by atoms with E-state index in [1.165, 1.54) is 21.9 Å². The Hall–Kier alpha value is -3.30. The fourth-order valence-electron chi connectivity index (χ4n) is 2.86. The van der Waals surface area contributed by atoms with Crippen LogP contribution in [0.1, 0.15) is 11.1 Å². The van der Waals surface area contributed by atoms with Crippen LogP contribution in [0.4, 0.5) is 0 Å². The van der Waals surface area contributed by atoms with Crippen LogP contribution in [0, 0.1) is 11.8 Å². The van der Waals surface area contributed by atoms with E-state index in [9.17, 15) is 0 Å². The van der Waals surface area contributed by atoms with Gasteiger partial charge in [-0.25, -0.2) is 0 Å². The summed E-state index contributed by atoms with van der Waals surface area (Å²) in [4.78, 5) is 0. The van der Waals surface area contributed by atoms with Gasteiger partial charge in [-0.2, -0.15) is 0 Å². The Labute approximate surface area is 142 Å². The van der Waals surface area contributed by atoms with E-state index in [4.69, 9.17) is 0 Å². The monoisotopic (exact) mass is 304 g/mol. The molecule has 0 aliphatic rings. The molecule has 0 heteroatoms. The number of hydrogen-bond donors (Lipinski definition) is 0. The highest BCUT2D eigenvalue weighted by Crippen LogP contribution is 2.27. The van der Waals surface area contributed by atoms with Gasteiger partial charge in [0.15, 0.2) is 0 Å². The Morgan fingerprint density at radius 2 is 1.21 bits per heavy atom. The summed E-state index contributed by atoms with van der Waals surface area (Å²) in [5.74, 6) is 6.58. The number of rotatable bonds is 1. The predicted octanol–water partition coefficient (Wildman–Crippen LogP) is 5.91. The maximum atomic E-state index is 3.33. The van der Waals surface area contributed by atoms with Crippen LogP contribution >= 0.6 is 0 Å². The molecular weight excluding hydrogens is 288 g/mol. The molecule has 112 valence electrons. The summed E-state index contributed by atoms with van der Waals surface area (Å²) in [7, 11) is 0. The zero-order valence-corrected chi connectivity index (χ0v) is 13.2. The van der Waals surface area contributed by atoms with Crippen molar-refractivity contribution >= 4 is 10.8 Å². The Balaban J connectivity index is 1.80. The number of hydrogen-bond acceptors (Lipinski definition) is 0. The van der Waals surface area contributed by atoms with E-state index in [-0.39, 0.29) is 0 Å². The largest absolute Gasteiger partial charge is 0.0622 e. The molecule has 0 bridgehead atoms. The van der Waals surface area contributed by atoms with Gasteiger partial charge in [0, 0.05) is 11.1 Å². The lowest BCUT2D eigenvalue weighted by atomic mass is 9.97. The topological polar surface area (TPSA) is 0 Å². The Kier molecular flexibility index (Phi) is 3.84. The van der Waals surface area contributed by atoms with E-state index in [0.29, 0.717) is 0 Å². The van der Waals surface area contributed by atoms with Gasteiger partial charge in [-0.15, -0.1) is 0 Å². The third-order valence-electron chi connectivity index (χ3n) is 4.10. The van der Waals surface area contributed by atoms with Crippen molar-refractivity contribution in [1.82, 2.24) is 0 Å². The zero-order chi connectivity index (χ0) is 16.2. The van der Waals surface area contributed by atoms with Crippen molar-refractivity contribution in [2.75, 3.05) is 0 Å². The molecule has 0 aliphatic carbocycles. The van der Waals surface area contributed by atoms with Gasteiger partial charge < -0.3 is 0 Å². The molecule has 0 heterocycles. The van der Waals surface area contributed by atoms with Gasteiger partial charge in [0.05, 0.1) is 0 Å². The van der Waals surface area contributed by atoms with Crippen LogP contribution in [-0.4, -0.2) is 0 Å². The third-order valence-corrected chi connectivity index (χ3v) is 4.10. The molecule has 0 saturated heterocycles. The molecule has 0 saturated carbocycles. The van der Waals surface area contributed by atoms with Crippen molar-refractivity contribution < 1.29 is 0 Å². The normalized spacial score (nSPS) is 10.2. The van der Waals surface area contributed by atoms with Gasteiger partial charge in [0.25, 0.3) is 0 Å².